The van der Waals surface area contributed by atoms with Crippen LogP contribution in [-0.2, 0) is 11.4 Å². The Kier molecular flexibility index (Phi) is 7.66. The van der Waals surface area contributed by atoms with Crippen molar-refractivity contribution in [3.05, 3.63) is 72.7 Å². The van der Waals surface area contributed by atoms with Gasteiger partial charge in [-0.2, -0.15) is 0 Å². The van der Waals surface area contributed by atoms with E-state index in [1.54, 1.807) is 0 Å². The summed E-state index contributed by atoms with van der Waals surface area (Å²) in [6.07, 6.45) is 5.66. The summed E-state index contributed by atoms with van der Waals surface area (Å²) in [7, 11) is 2.13. The molecule has 1 aliphatic heterocycles. The Morgan fingerprint density at radius 2 is 1.85 bits per heavy atom. The van der Waals surface area contributed by atoms with Crippen molar-refractivity contribution in [1.82, 2.24) is 29.7 Å². The number of carbonyl (C=O) groups excluding carboxylic acids is 1. The van der Waals surface area contributed by atoms with Crippen molar-refractivity contribution in [2.75, 3.05) is 52.0 Å². The first-order chi connectivity index (χ1) is 19.5. The number of likely N-dealkylation sites (N-methyl/N-ethyl adjacent to an activating group) is 1. The fourth-order valence-electron chi connectivity index (χ4n) is 5.72. The first-order valence-corrected chi connectivity index (χ1v) is 14.1. The van der Waals surface area contributed by atoms with E-state index in [0.29, 0.717) is 37.5 Å². The summed E-state index contributed by atoms with van der Waals surface area (Å²) >= 11 is 0. The summed E-state index contributed by atoms with van der Waals surface area (Å²) < 4.78 is 8.33. The number of ether oxygens (including phenoxy) is 1. The van der Waals surface area contributed by atoms with Crippen molar-refractivity contribution in [3.63, 3.8) is 0 Å². The summed E-state index contributed by atoms with van der Waals surface area (Å²) in [4.78, 5) is 26.0. The average Bonchev–Trinajstić information content (AvgIpc) is 3.34. The fraction of sp³-hybridized carbons (Fsp3) is 0.387. The van der Waals surface area contributed by atoms with Gasteiger partial charge >= 0.3 is 0 Å². The van der Waals surface area contributed by atoms with Crippen LogP contribution in [0, 0.1) is 5.92 Å². The van der Waals surface area contributed by atoms with Gasteiger partial charge in [-0.15, -0.1) is 0 Å². The van der Waals surface area contributed by atoms with Gasteiger partial charge in [0.1, 0.15) is 30.1 Å². The maximum atomic E-state index is 12.5. The molecule has 3 heterocycles. The van der Waals surface area contributed by atoms with E-state index < -0.39 is 0 Å². The molecular weight excluding hydrogens is 502 g/mol. The number of benzene rings is 2. The number of nitrogens with two attached hydrogens (primary N) is 1. The fourth-order valence-corrected chi connectivity index (χ4v) is 5.72. The maximum absolute atomic E-state index is 12.5. The number of amides is 1. The van der Waals surface area contributed by atoms with Crippen LogP contribution >= 0.6 is 0 Å². The number of nitrogens with one attached hydrogen (secondary N) is 1. The maximum Gasteiger partial charge on any atom is 0.234 e. The molecule has 2 aliphatic rings. The predicted octanol–water partition coefficient (Wildman–Crippen LogP) is 3.57. The molecule has 3 N–H and O–H groups in total. The molecule has 0 unspecified atom stereocenters. The van der Waals surface area contributed by atoms with Gasteiger partial charge in [0, 0.05) is 50.5 Å². The Labute approximate surface area is 235 Å². The second kappa shape index (κ2) is 11.7. The van der Waals surface area contributed by atoms with Crippen molar-refractivity contribution in [2.45, 2.75) is 25.5 Å². The minimum absolute atomic E-state index is 0.122. The van der Waals surface area contributed by atoms with E-state index in [-0.39, 0.29) is 5.91 Å². The molecule has 2 fully saturated rings. The second-order valence-electron chi connectivity index (χ2n) is 11.1. The summed E-state index contributed by atoms with van der Waals surface area (Å²) in [6, 6.07) is 18.5. The van der Waals surface area contributed by atoms with Crippen LogP contribution in [0.3, 0.4) is 0 Å². The number of nitrogen functional groups attached to an aromatic ring is 1. The number of hydrogen-bond acceptors (Lipinski definition) is 7. The molecule has 0 spiro atoms. The third-order valence-corrected chi connectivity index (χ3v) is 8.19. The average molecular weight is 540 g/mol. The van der Waals surface area contributed by atoms with E-state index in [1.165, 1.54) is 6.33 Å². The van der Waals surface area contributed by atoms with Gasteiger partial charge in [0.15, 0.2) is 0 Å². The van der Waals surface area contributed by atoms with Crippen LogP contribution in [0.5, 0.6) is 5.75 Å². The van der Waals surface area contributed by atoms with Gasteiger partial charge in [-0.1, -0.05) is 42.5 Å². The first-order valence-electron chi connectivity index (χ1n) is 14.1. The van der Waals surface area contributed by atoms with Gasteiger partial charge in [-0.25, -0.2) is 9.97 Å². The molecular formula is C31H37N7O2. The molecule has 9 heteroatoms. The van der Waals surface area contributed by atoms with Crippen LogP contribution in [0.1, 0.15) is 24.4 Å². The quantitative estimate of drug-likeness (QED) is 0.335. The molecule has 208 valence electrons. The number of nitrogens with zero attached hydrogens (tertiary/aromatic N) is 5. The lowest BCUT2D eigenvalue weighted by Crippen LogP contribution is -2.49. The molecule has 2 aromatic heterocycles. The van der Waals surface area contributed by atoms with Crippen molar-refractivity contribution in [2.24, 2.45) is 5.92 Å². The molecule has 0 atom stereocenters. The molecule has 1 saturated carbocycles. The number of carbonyl (C=O) groups is 1. The first kappa shape index (κ1) is 26.3. The van der Waals surface area contributed by atoms with Crippen molar-refractivity contribution < 1.29 is 9.53 Å². The highest BCUT2D eigenvalue weighted by molar-refractivity contribution is 6.00. The van der Waals surface area contributed by atoms with Gasteiger partial charge in [-0.3, -0.25) is 9.69 Å². The summed E-state index contributed by atoms with van der Waals surface area (Å²) in [6.45, 7) is 5.64. The summed E-state index contributed by atoms with van der Waals surface area (Å²) in [5, 5.41) is 4.03. The minimum atomic E-state index is 0.122. The number of fused-ring (bicyclic) bond motifs is 1. The third-order valence-electron chi connectivity index (χ3n) is 8.19. The highest BCUT2D eigenvalue weighted by atomic mass is 16.5. The zero-order valence-electron chi connectivity index (χ0n) is 23.0. The number of anilines is 1. The topological polar surface area (TPSA) is 102 Å². The van der Waals surface area contributed by atoms with Crippen LogP contribution in [0.4, 0.5) is 5.82 Å². The Morgan fingerprint density at radius 1 is 1.05 bits per heavy atom. The molecule has 1 aliphatic carbocycles. The standard InChI is InChI=1S/C31H37N7O2/c1-36-10-12-37(13-11-36)19-28(39)33-17-23-14-25(15-23)38-18-27(29-30(32)34-21-35-31(29)38)24-8-5-9-26(16-24)40-20-22-6-3-2-4-7-22/h2-9,16,18,21,23,25H,10-15,17,19-20H2,1H3,(H,33,39)(H2,32,34,35)/t23-,25+. The van der Waals surface area contributed by atoms with Crippen molar-refractivity contribution >= 4 is 22.8 Å². The number of aromatic nitrogens is 3. The van der Waals surface area contributed by atoms with E-state index in [4.69, 9.17) is 10.5 Å². The van der Waals surface area contributed by atoms with Crippen molar-refractivity contribution in [3.8, 4) is 16.9 Å². The zero-order valence-corrected chi connectivity index (χ0v) is 23.0. The lowest BCUT2D eigenvalue weighted by atomic mass is 9.80. The van der Waals surface area contributed by atoms with Gasteiger partial charge in [0.25, 0.3) is 0 Å². The van der Waals surface area contributed by atoms with Crippen LogP contribution in [0.2, 0.25) is 0 Å². The van der Waals surface area contributed by atoms with Crippen LogP contribution in [-0.4, -0.2) is 76.6 Å². The monoisotopic (exact) mass is 539 g/mol. The molecule has 6 rings (SSSR count). The number of piperazine rings is 1. The molecule has 40 heavy (non-hydrogen) atoms. The van der Waals surface area contributed by atoms with Gasteiger partial charge in [0.2, 0.25) is 5.91 Å². The van der Waals surface area contributed by atoms with E-state index in [2.05, 4.69) is 61.1 Å². The predicted molar refractivity (Wildman–Crippen MR) is 157 cm³/mol. The smallest absolute Gasteiger partial charge is 0.234 e. The SMILES string of the molecule is CN1CCN(CC(=O)NC[C@H]2C[C@@H](n3cc(-c4cccc(OCc5ccccc5)c4)c4c(N)ncnc43)C2)CC1. The Morgan fingerprint density at radius 3 is 2.65 bits per heavy atom. The summed E-state index contributed by atoms with van der Waals surface area (Å²) in [5.74, 6) is 1.85. The molecule has 0 radical (unpaired) electrons. The Hall–Kier alpha value is -3.95. The Bertz CT molecular complexity index is 1460. The van der Waals surface area contributed by atoms with Crippen LogP contribution in [0.25, 0.3) is 22.2 Å². The molecule has 4 aromatic rings. The van der Waals surface area contributed by atoms with E-state index >= 15 is 0 Å². The molecule has 9 nitrogen and oxygen atoms in total. The van der Waals surface area contributed by atoms with Gasteiger partial charge in [0.05, 0.1) is 11.9 Å². The van der Waals surface area contributed by atoms with Crippen LogP contribution in [0.15, 0.2) is 67.1 Å². The van der Waals surface area contributed by atoms with E-state index in [0.717, 1.165) is 72.5 Å². The third kappa shape index (κ3) is 5.80. The number of hydrogen-bond donors (Lipinski definition) is 2. The minimum Gasteiger partial charge on any atom is -0.489 e. The highest BCUT2D eigenvalue weighted by Gasteiger charge is 2.33. The molecule has 0 bridgehead atoms. The second-order valence-corrected chi connectivity index (χ2v) is 11.1. The van der Waals surface area contributed by atoms with Gasteiger partial charge in [-0.05, 0) is 49.1 Å². The van der Waals surface area contributed by atoms with Gasteiger partial charge < -0.3 is 25.3 Å². The molecule has 1 saturated heterocycles. The molecule has 2 aromatic carbocycles. The van der Waals surface area contributed by atoms with E-state index in [1.807, 2.05) is 36.4 Å². The van der Waals surface area contributed by atoms with Crippen LogP contribution < -0.4 is 15.8 Å². The van der Waals surface area contributed by atoms with E-state index in [9.17, 15) is 4.79 Å². The molecule has 1 amide bonds. The highest BCUT2D eigenvalue weighted by Crippen LogP contribution is 2.43. The summed E-state index contributed by atoms with van der Waals surface area (Å²) in [5.41, 5.74) is 10.4. The van der Waals surface area contributed by atoms with Crippen molar-refractivity contribution in [1.29, 1.82) is 0 Å². The normalized spacial score (nSPS) is 19.8. The zero-order chi connectivity index (χ0) is 27.5. The number of rotatable bonds is 9. The lowest BCUT2D eigenvalue weighted by Gasteiger charge is -2.37. The Balaban J connectivity index is 1.11. The largest absolute Gasteiger partial charge is 0.489 e. The lowest BCUT2D eigenvalue weighted by molar-refractivity contribution is -0.123.